The summed E-state index contributed by atoms with van der Waals surface area (Å²) in [5, 5.41) is 2.99. The maximum Gasteiger partial charge on any atom is 0.248 e. The van der Waals surface area contributed by atoms with E-state index in [2.05, 4.69) is 5.32 Å². The molecule has 2 atom stereocenters. The summed E-state index contributed by atoms with van der Waals surface area (Å²) in [5.41, 5.74) is -0.640. The number of carbonyl (C=O) groups excluding carboxylic acids is 2. The molecule has 3 rings (SSSR count). The molecule has 0 aromatic rings. The van der Waals surface area contributed by atoms with Gasteiger partial charge in [0.1, 0.15) is 5.54 Å². The SMILES string of the molecule is CC1(C2CC2)NC(=O)CCN(CC2CCSC2)C1=O. The third kappa shape index (κ3) is 2.62. The van der Waals surface area contributed by atoms with E-state index >= 15 is 0 Å². The third-order valence-electron chi connectivity index (χ3n) is 4.64. The Hall–Kier alpha value is -0.710. The van der Waals surface area contributed by atoms with Crippen LogP contribution in [0, 0.1) is 11.8 Å². The van der Waals surface area contributed by atoms with Crippen LogP contribution in [0.4, 0.5) is 0 Å². The lowest BCUT2D eigenvalue weighted by Crippen LogP contribution is -2.57. The first-order valence-electron chi connectivity index (χ1n) is 7.28. The lowest BCUT2D eigenvalue weighted by Gasteiger charge is -2.33. The van der Waals surface area contributed by atoms with E-state index in [0.717, 1.165) is 25.1 Å². The monoisotopic (exact) mass is 282 g/mol. The minimum absolute atomic E-state index is 0.0334. The molecular formula is C14H22N2O2S. The van der Waals surface area contributed by atoms with Crippen molar-refractivity contribution < 1.29 is 9.59 Å². The van der Waals surface area contributed by atoms with Gasteiger partial charge in [0.25, 0.3) is 0 Å². The number of hydrogen-bond donors (Lipinski definition) is 1. The van der Waals surface area contributed by atoms with Crippen molar-refractivity contribution in [1.29, 1.82) is 0 Å². The minimum Gasteiger partial charge on any atom is -0.342 e. The summed E-state index contributed by atoms with van der Waals surface area (Å²) in [6, 6.07) is 0. The van der Waals surface area contributed by atoms with E-state index in [4.69, 9.17) is 0 Å². The maximum absolute atomic E-state index is 12.8. The van der Waals surface area contributed by atoms with Gasteiger partial charge >= 0.3 is 0 Å². The molecule has 2 unspecified atom stereocenters. The van der Waals surface area contributed by atoms with Crippen LogP contribution in [0.15, 0.2) is 0 Å². The molecule has 5 heteroatoms. The maximum atomic E-state index is 12.8. The molecule has 106 valence electrons. The van der Waals surface area contributed by atoms with Gasteiger partial charge in [0.15, 0.2) is 0 Å². The zero-order chi connectivity index (χ0) is 13.5. The highest BCUT2D eigenvalue weighted by atomic mass is 32.2. The van der Waals surface area contributed by atoms with Crippen molar-refractivity contribution in [3.8, 4) is 0 Å². The van der Waals surface area contributed by atoms with E-state index in [0.29, 0.717) is 24.8 Å². The first kappa shape index (κ1) is 13.3. The van der Waals surface area contributed by atoms with Crippen molar-refractivity contribution in [2.24, 2.45) is 11.8 Å². The van der Waals surface area contributed by atoms with Crippen LogP contribution in [-0.2, 0) is 9.59 Å². The summed E-state index contributed by atoms with van der Waals surface area (Å²) in [4.78, 5) is 26.6. The number of nitrogens with one attached hydrogen (secondary N) is 1. The average molecular weight is 282 g/mol. The summed E-state index contributed by atoms with van der Waals surface area (Å²) >= 11 is 1.98. The Morgan fingerprint density at radius 3 is 2.79 bits per heavy atom. The van der Waals surface area contributed by atoms with Gasteiger partial charge in [0.05, 0.1) is 0 Å². The predicted octanol–water partition coefficient (Wildman–Crippen LogP) is 1.26. The molecule has 19 heavy (non-hydrogen) atoms. The van der Waals surface area contributed by atoms with Crippen LogP contribution in [0.5, 0.6) is 0 Å². The van der Waals surface area contributed by atoms with Crippen LogP contribution < -0.4 is 5.32 Å². The minimum atomic E-state index is -0.640. The fraction of sp³-hybridized carbons (Fsp3) is 0.857. The van der Waals surface area contributed by atoms with Gasteiger partial charge in [-0.25, -0.2) is 0 Å². The average Bonchev–Trinajstić information content (AvgIpc) is 3.13. The molecule has 0 aromatic carbocycles. The Morgan fingerprint density at radius 2 is 2.16 bits per heavy atom. The Bertz CT molecular complexity index is 391. The van der Waals surface area contributed by atoms with E-state index in [-0.39, 0.29) is 11.8 Å². The number of hydrogen-bond acceptors (Lipinski definition) is 3. The highest BCUT2D eigenvalue weighted by Crippen LogP contribution is 2.41. The quantitative estimate of drug-likeness (QED) is 0.848. The van der Waals surface area contributed by atoms with E-state index in [1.54, 1.807) is 0 Å². The molecule has 1 N–H and O–H groups in total. The van der Waals surface area contributed by atoms with E-state index in [1.165, 1.54) is 12.2 Å². The normalized spacial score (nSPS) is 36.3. The highest BCUT2D eigenvalue weighted by molar-refractivity contribution is 7.99. The Balaban J connectivity index is 1.75. The predicted molar refractivity (Wildman–Crippen MR) is 75.9 cm³/mol. The topological polar surface area (TPSA) is 49.4 Å². The second-order valence-corrected chi connectivity index (χ2v) is 7.41. The van der Waals surface area contributed by atoms with E-state index < -0.39 is 5.54 Å². The number of amides is 2. The third-order valence-corrected chi connectivity index (χ3v) is 5.87. The van der Waals surface area contributed by atoms with Gasteiger partial charge in [-0.05, 0) is 49.5 Å². The summed E-state index contributed by atoms with van der Waals surface area (Å²) < 4.78 is 0. The van der Waals surface area contributed by atoms with Gasteiger partial charge in [0.2, 0.25) is 11.8 Å². The van der Waals surface area contributed by atoms with Crippen LogP contribution >= 0.6 is 11.8 Å². The number of rotatable bonds is 3. The van der Waals surface area contributed by atoms with Crippen molar-refractivity contribution in [2.45, 2.75) is 38.1 Å². The van der Waals surface area contributed by atoms with Crippen LogP contribution in [0.3, 0.4) is 0 Å². The van der Waals surface area contributed by atoms with Crippen molar-refractivity contribution in [3.63, 3.8) is 0 Å². The Morgan fingerprint density at radius 1 is 1.37 bits per heavy atom. The lowest BCUT2D eigenvalue weighted by molar-refractivity contribution is -0.139. The van der Waals surface area contributed by atoms with Crippen molar-refractivity contribution in [2.75, 3.05) is 24.6 Å². The molecule has 1 saturated carbocycles. The second kappa shape index (κ2) is 5.00. The smallest absolute Gasteiger partial charge is 0.248 e. The summed E-state index contributed by atoms with van der Waals surface area (Å²) in [6.07, 6.45) is 3.79. The molecule has 2 saturated heterocycles. The van der Waals surface area contributed by atoms with Crippen molar-refractivity contribution >= 4 is 23.6 Å². The molecule has 3 aliphatic rings. The van der Waals surface area contributed by atoms with Crippen LogP contribution in [-0.4, -0.2) is 46.8 Å². The summed E-state index contributed by atoms with van der Waals surface area (Å²) in [7, 11) is 0. The standard InChI is InChI=1S/C14H22N2O2S/c1-14(11-2-3-11)13(18)16(6-4-12(17)15-14)8-10-5-7-19-9-10/h10-11H,2-9H2,1H3,(H,15,17). The zero-order valence-corrected chi connectivity index (χ0v) is 12.3. The van der Waals surface area contributed by atoms with Gasteiger partial charge in [-0.1, -0.05) is 0 Å². The van der Waals surface area contributed by atoms with Gasteiger partial charge in [-0.2, -0.15) is 11.8 Å². The van der Waals surface area contributed by atoms with Gasteiger partial charge in [-0.3, -0.25) is 9.59 Å². The molecule has 1 aliphatic carbocycles. The van der Waals surface area contributed by atoms with Crippen LogP contribution in [0.1, 0.15) is 32.6 Å². The van der Waals surface area contributed by atoms with E-state index in [9.17, 15) is 9.59 Å². The van der Waals surface area contributed by atoms with Gasteiger partial charge in [-0.15, -0.1) is 0 Å². The van der Waals surface area contributed by atoms with E-state index in [1.807, 2.05) is 23.6 Å². The van der Waals surface area contributed by atoms with Crippen molar-refractivity contribution in [1.82, 2.24) is 10.2 Å². The molecule has 2 heterocycles. The summed E-state index contributed by atoms with van der Waals surface area (Å²) in [6.45, 7) is 3.35. The molecule has 0 aromatic heterocycles. The number of thioether (sulfide) groups is 1. The molecule has 0 bridgehead atoms. The number of carbonyl (C=O) groups is 2. The van der Waals surface area contributed by atoms with Crippen LogP contribution in [0.2, 0.25) is 0 Å². The summed E-state index contributed by atoms with van der Waals surface area (Å²) in [5.74, 6) is 3.52. The lowest BCUT2D eigenvalue weighted by atomic mass is 9.93. The Labute approximate surface area is 118 Å². The molecule has 3 fully saturated rings. The fourth-order valence-corrected chi connectivity index (χ4v) is 4.49. The largest absolute Gasteiger partial charge is 0.342 e. The zero-order valence-electron chi connectivity index (χ0n) is 11.5. The van der Waals surface area contributed by atoms with Crippen LogP contribution in [0.25, 0.3) is 0 Å². The Kier molecular flexibility index (Phi) is 3.50. The van der Waals surface area contributed by atoms with Gasteiger partial charge < -0.3 is 10.2 Å². The molecule has 4 nitrogen and oxygen atoms in total. The molecular weight excluding hydrogens is 260 g/mol. The molecule has 0 radical (unpaired) electrons. The van der Waals surface area contributed by atoms with Gasteiger partial charge in [0, 0.05) is 19.5 Å². The molecule has 0 spiro atoms. The fourth-order valence-electron chi connectivity index (χ4n) is 3.22. The number of nitrogens with zero attached hydrogens (tertiary/aromatic N) is 1. The highest BCUT2D eigenvalue weighted by Gasteiger charge is 2.51. The first-order valence-corrected chi connectivity index (χ1v) is 8.43. The first-order chi connectivity index (χ1) is 9.09. The van der Waals surface area contributed by atoms with Crippen molar-refractivity contribution in [3.05, 3.63) is 0 Å². The molecule has 2 aliphatic heterocycles. The second-order valence-electron chi connectivity index (χ2n) is 6.26. The molecule has 2 amide bonds.